The van der Waals surface area contributed by atoms with Gasteiger partial charge in [-0.2, -0.15) is 5.26 Å². The smallest absolute Gasteiger partial charge is 0.273 e. The van der Waals surface area contributed by atoms with E-state index in [2.05, 4.69) is 10.0 Å². The number of aromatic nitrogens is 1. The number of anilines is 1. The lowest BCUT2D eigenvalue weighted by molar-refractivity contribution is -0.0317. The molecule has 28 heavy (non-hydrogen) atoms. The van der Waals surface area contributed by atoms with Crippen LogP contribution in [-0.4, -0.2) is 24.4 Å². The molecule has 0 radical (unpaired) electrons. The Morgan fingerprint density at radius 3 is 2.64 bits per heavy atom. The zero-order valence-electron chi connectivity index (χ0n) is 14.8. The number of hydrogen-bond acceptors (Lipinski definition) is 4. The Hall–Kier alpha value is -2.41. The van der Waals surface area contributed by atoms with Gasteiger partial charge in [-0.25, -0.2) is 17.5 Å². The van der Waals surface area contributed by atoms with Crippen molar-refractivity contribution in [2.75, 3.05) is 5.32 Å². The number of halogens is 2. The van der Waals surface area contributed by atoms with Gasteiger partial charge in [0.1, 0.15) is 22.5 Å². The standard InChI is InChI=1S/C18H16ClFN4O3S/c1-24-9-14(28(26,27)23-18-5-10(6-18)7-18)15(19)16(24)17(25)22-12-2-3-13(20)11(4-12)8-21/h2-4,9-10,23H,5-7H2,1H3,(H,22,25). The first-order valence-corrected chi connectivity index (χ1v) is 10.4. The SMILES string of the molecule is Cn1cc(S(=O)(=O)NC23CC(C2)C3)c(Cl)c1C(=O)Nc1ccc(F)c(C#N)c1. The summed E-state index contributed by atoms with van der Waals surface area (Å²) in [5.41, 5.74) is -0.451. The lowest BCUT2D eigenvalue weighted by Gasteiger charge is -2.61. The van der Waals surface area contributed by atoms with Crippen LogP contribution in [0.25, 0.3) is 0 Å². The number of aryl methyl sites for hydroxylation is 1. The summed E-state index contributed by atoms with van der Waals surface area (Å²) in [5, 5.41) is 11.2. The number of nitrogens with zero attached hydrogens (tertiary/aromatic N) is 2. The van der Waals surface area contributed by atoms with E-state index < -0.39 is 21.7 Å². The normalized spacial score (nSPS) is 22.7. The predicted molar refractivity (Wildman–Crippen MR) is 99.9 cm³/mol. The monoisotopic (exact) mass is 422 g/mol. The van der Waals surface area contributed by atoms with Gasteiger partial charge in [-0.1, -0.05) is 11.6 Å². The van der Waals surface area contributed by atoms with Gasteiger partial charge in [0, 0.05) is 24.5 Å². The van der Waals surface area contributed by atoms with E-state index in [-0.39, 0.29) is 32.4 Å². The minimum absolute atomic E-state index is 0.0533. The molecule has 0 unspecified atom stereocenters. The third-order valence-electron chi connectivity index (χ3n) is 5.33. The highest BCUT2D eigenvalue weighted by atomic mass is 35.5. The Kier molecular flexibility index (Phi) is 4.26. The summed E-state index contributed by atoms with van der Waals surface area (Å²) < 4.78 is 42.9. The first-order valence-electron chi connectivity index (χ1n) is 8.54. The number of hydrogen-bond donors (Lipinski definition) is 2. The maximum atomic E-state index is 13.4. The molecule has 3 aliphatic rings. The van der Waals surface area contributed by atoms with Gasteiger partial charge in [-0.05, 0) is 43.4 Å². The van der Waals surface area contributed by atoms with Crippen LogP contribution in [0.4, 0.5) is 10.1 Å². The van der Waals surface area contributed by atoms with Gasteiger partial charge in [0.2, 0.25) is 10.0 Å². The number of nitriles is 1. The summed E-state index contributed by atoms with van der Waals surface area (Å²) in [5.74, 6) is -0.773. The van der Waals surface area contributed by atoms with Crippen molar-refractivity contribution in [3.63, 3.8) is 0 Å². The summed E-state index contributed by atoms with van der Waals surface area (Å²) in [7, 11) is -2.37. The van der Waals surface area contributed by atoms with E-state index in [4.69, 9.17) is 16.9 Å². The first-order chi connectivity index (χ1) is 13.1. The molecule has 1 aromatic carbocycles. The fraction of sp³-hybridized carbons (Fsp3) is 0.333. The van der Waals surface area contributed by atoms with E-state index in [1.54, 1.807) is 6.07 Å². The second kappa shape index (κ2) is 6.30. The molecule has 3 fully saturated rings. The molecule has 7 nitrogen and oxygen atoms in total. The maximum absolute atomic E-state index is 13.4. The lowest BCUT2D eigenvalue weighted by Crippen LogP contribution is -2.67. The molecular formula is C18H16ClFN4O3S. The molecule has 0 saturated heterocycles. The van der Waals surface area contributed by atoms with Gasteiger partial charge in [-0.15, -0.1) is 0 Å². The largest absolute Gasteiger partial charge is 0.344 e. The molecule has 0 spiro atoms. The van der Waals surface area contributed by atoms with Crippen LogP contribution in [0.2, 0.25) is 5.02 Å². The van der Waals surface area contributed by atoms with Crippen LogP contribution in [0.3, 0.4) is 0 Å². The fourth-order valence-corrected chi connectivity index (χ4v) is 5.97. The molecule has 0 atom stereocenters. The van der Waals surface area contributed by atoms with Crippen molar-refractivity contribution in [1.82, 2.24) is 9.29 Å². The molecular weight excluding hydrogens is 407 g/mol. The van der Waals surface area contributed by atoms with E-state index in [1.807, 2.05) is 0 Å². The molecule has 1 aromatic heterocycles. The van der Waals surface area contributed by atoms with Crippen LogP contribution >= 0.6 is 11.6 Å². The van der Waals surface area contributed by atoms with Gasteiger partial charge in [0.05, 0.1) is 10.6 Å². The van der Waals surface area contributed by atoms with Crippen molar-refractivity contribution in [2.24, 2.45) is 13.0 Å². The number of carbonyl (C=O) groups is 1. The van der Waals surface area contributed by atoms with E-state index in [9.17, 15) is 17.6 Å². The number of nitrogens with one attached hydrogen (secondary N) is 2. The maximum Gasteiger partial charge on any atom is 0.273 e. The fourth-order valence-electron chi connectivity index (χ4n) is 3.84. The molecule has 1 heterocycles. The van der Waals surface area contributed by atoms with Crippen LogP contribution < -0.4 is 10.0 Å². The quantitative estimate of drug-likeness (QED) is 0.773. The topological polar surface area (TPSA) is 104 Å². The first kappa shape index (κ1) is 18.9. The minimum Gasteiger partial charge on any atom is -0.344 e. The van der Waals surface area contributed by atoms with Crippen LogP contribution in [0.15, 0.2) is 29.3 Å². The molecule has 1 amide bonds. The molecule has 146 valence electrons. The molecule has 3 saturated carbocycles. The van der Waals surface area contributed by atoms with Gasteiger partial charge in [-0.3, -0.25) is 4.79 Å². The zero-order valence-corrected chi connectivity index (χ0v) is 16.4. The molecule has 5 rings (SSSR count). The van der Waals surface area contributed by atoms with Crippen LogP contribution in [0.5, 0.6) is 0 Å². The van der Waals surface area contributed by atoms with Gasteiger partial charge in [0.25, 0.3) is 5.91 Å². The number of benzene rings is 1. The van der Waals surface area contributed by atoms with Gasteiger partial charge in [0.15, 0.2) is 0 Å². The summed E-state index contributed by atoms with van der Waals surface area (Å²) in [6.07, 6.45) is 3.78. The third-order valence-corrected chi connectivity index (χ3v) is 7.41. The van der Waals surface area contributed by atoms with E-state index >= 15 is 0 Å². The minimum atomic E-state index is -3.87. The highest BCUT2D eigenvalue weighted by Gasteiger charge is 2.58. The van der Waals surface area contributed by atoms with E-state index in [0.717, 1.165) is 25.3 Å². The van der Waals surface area contributed by atoms with E-state index in [0.29, 0.717) is 5.92 Å². The molecule has 3 aliphatic carbocycles. The second-order valence-electron chi connectivity index (χ2n) is 7.39. The van der Waals surface area contributed by atoms with Gasteiger partial charge >= 0.3 is 0 Å². The number of sulfonamides is 1. The Labute approximate surface area is 166 Å². The van der Waals surface area contributed by atoms with Crippen molar-refractivity contribution < 1.29 is 17.6 Å². The Balaban J connectivity index is 1.60. The number of rotatable bonds is 5. The lowest BCUT2D eigenvalue weighted by atomic mass is 9.50. The van der Waals surface area contributed by atoms with E-state index in [1.165, 1.54) is 29.9 Å². The van der Waals surface area contributed by atoms with Crippen molar-refractivity contribution in [1.29, 1.82) is 5.26 Å². The zero-order chi connectivity index (χ0) is 20.3. The van der Waals surface area contributed by atoms with Crippen molar-refractivity contribution >= 4 is 33.2 Å². The second-order valence-corrected chi connectivity index (χ2v) is 9.42. The summed E-state index contributed by atoms with van der Waals surface area (Å²) in [6.45, 7) is 0. The summed E-state index contributed by atoms with van der Waals surface area (Å²) in [6, 6.07) is 5.23. The summed E-state index contributed by atoms with van der Waals surface area (Å²) >= 11 is 6.25. The highest BCUT2D eigenvalue weighted by molar-refractivity contribution is 7.89. The van der Waals surface area contributed by atoms with Crippen LogP contribution in [0, 0.1) is 23.1 Å². The van der Waals surface area contributed by atoms with Crippen molar-refractivity contribution in [2.45, 2.75) is 29.7 Å². The molecule has 10 heteroatoms. The summed E-state index contributed by atoms with van der Waals surface area (Å²) in [4.78, 5) is 12.5. The van der Waals surface area contributed by atoms with Crippen molar-refractivity contribution in [3.05, 3.63) is 46.5 Å². The Morgan fingerprint density at radius 1 is 1.39 bits per heavy atom. The number of carbonyl (C=O) groups excluding carboxylic acids is 1. The highest BCUT2D eigenvalue weighted by Crippen LogP contribution is 2.57. The predicted octanol–water partition coefficient (Wildman–Crippen LogP) is 2.77. The Morgan fingerprint density at radius 2 is 2.07 bits per heavy atom. The van der Waals surface area contributed by atoms with Crippen molar-refractivity contribution in [3.8, 4) is 6.07 Å². The molecule has 2 N–H and O–H groups in total. The molecule has 0 aliphatic heterocycles. The Bertz CT molecular complexity index is 1140. The number of amides is 1. The van der Waals surface area contributed by atoms with Crippen LogP contribution in [-0.2, 0) is 17.1 Å². The van der Waals surface area contributed by atoms with Crippen LogP contribution in [0.1, 0.15) is 35.3 Å². The molecule has 2 aromatic rings. The third kappa shape index (κ3) is 2.98. The van der Waals surface area contributed by atoms with Gasteiger partial charge < -0.3 is 9.88 Å². The average molecular weight is 423 g/mol. The molecule has 2 bridgehead atoms. The average Bonchev–Trinajstić information content (AvgIpc) is 2.87.